The maximum Gasteiger partial charge on any atom is 0.329 e. The first-order valence-corrected chi connectivity index (χ1v) is 11.2. The zero-order chi connectivity index (χ0) is 20.0. The second-order valence-electron chi connectivity index (χ2n) is 8.10. The van der Waals surface area contributed by atoms with Gasteiger partial charge in [-0.15, -0.1) is 0 Å². The van der Waals surface area contributed by atoms with Gasteiger partial charge in [-0.1, -0.05) is 6.07 Å². The second kappa shape index (κ2) is 7.44. The maximum absolute atomic E-state index is 12.6. The van der Waals surface area contributed by atoms with Crippen LogP contribution >= 0.6 is 11.9 Å². The molecule has 0 radical (unpaired) electrons. The highest BCUT2D eigenvalue weighted by atomic mass is 32.2. The topological polar surface area (TPSA) is 74.6 Å². The maximum atomic E-state index is 12.6. The van der Waals surface area contributed by atoms with Gasteiger partial charge in [0, 0.05) is 31.1 Å². The molecular weight excluding hydrogens is 386 g/mol. The van der Waals surface area contributed by atoms with Crippen molar-refractivity contribution in [2.24, 2.45) is 0 Å². The van der Waals surface area contributed by atoms with Gasteiger partial charge in [0.2, 0.25) is 5.91 Å². The van der Waals surface area contributed by atoms with Crippen molar-refractivity contribution < 1.29 is 14.0 Å². The lowest BCUT2D eigenvalue weighted by Crippen LogP contribution is -2.33. The monoisotopic (exact) mass is 411 g/mol. The fourth-order valence-corrected chi connectivity index (χ4v) is 5.40. The number of nitrogens with one attached hydrogen (secondary N) is 2. The number of hydrogen-bond donors (Lipinski definition) is 2. The number of urea groups is 1. The molecule has 0 fully saturated rings. The summed E-state index contributed by atoms with van der Waals surface area (Å²) < 4.78 is 8.73. The lowest BCUT2D eigenvalue weighted by Gasteiger charge is -2.24. The Labute approximate surface area is 174 Å². The van der Waals surface area contributed by atoms with Gasteiger partial charge in [0.25, 0.3) is 0 Å². The Bertz CT molecular complexity index is 965. The van der Waals surface area contributed by atoms with Crippen molar-refractivity contribution in [1.29, 1.82) is 0 Å². The fraction of sp³-hybridized carbons (Fsp3) is 0.455. The van der Waals surface area contributed by atoms with Gasteiger partial charge in [0.1, 0.15) is 5.76 Å². The molecule has 5 rings (SSSR count). The number of carbonyl (C=O) groups excluding carboxylic acids is 2. The average Bonchev–Trinajstić information content (AvgIpc) is 3.43. The number of aryl methyl sites for hydroxylation is 2. The van der Waals surface area contributed by atoms with Crippen LogP contribution in [0.3, 0.4) is 0 Å². The van der Waals surface area contributed by atoms with E-state index in [1.54, 1.807) is 11.8 Å². The minimum Gasteiger partial charge on any atom is -0.451 e. The van der Waals surface area contributed by atoms with Crippen molar-refractivity contribution in [1.82, 2.24) is 9.62 Å². The Morgan fingerprint density at radius 1 is 1.00 bits per heavy atom. The lowest BCUT2D eigenvalue weighted by atomic mass is 9.99. The van der Waals surface area contributed by atoms with Crippen molar-refractivity contribution in [3.8, 4) is 0 Å². The van der Waals surface area contributed by atoms with Crippen molar-refractivity contribution in [3.63, 3.8) is 0 Å². The largest absolute Gasteiger partial charge is 0.451 e. The van der Waals surface area contributed by atoms with E-state index < -0.39 is 0 Å². The minimum absolute atomic E-state index is 0.0571. The highest BCUT2D eigenvalue weighted by Gasteiger charge is 2.26. The number of benzene rings is 1. The molecule has 7 heteroatoms. The van der Waals surface area contributed by atoms with E-state index in [0.717, 1.165) is 49.1 Å². The van der Waals surface area contributed by atoms with Gasteiger partial charge in [-0.05, 0) is 78.8 Å². The van der Waals surface area contributed by atoms with Gasteiger partial charge in [-0.3, -0.25) is 9.52 Å². The van der Waals surface area contributed by atoms with Crippen LogP contribution < -0.4 is 10.0 Å². The van der Waals surface area contributed by atoms with Crippen LogP contribution in [-0.4, -0.2) is 23.4 Å². The Morgan fingerprint density at radius 2 is 1.72 bits per heavy atom. The summed E-state index contributed by atoms with van der Waals surface area (Å²) in [6, 6.07) is 4.11. The summed E-state index contributed by atoms with van der Waals surface area (Å²) in [5.74, 6) is 0.872. The molecule has 2 N–H and O–H groups in total. The summed E-state index contributed by atoms with van der Waals surface area (Å²) in [4.78, 5) is 26.0. The van der Waals surface area contributed by atoms with Crippen LogP contribution in [0.2, 0.25) is 0 Å². The third kappa shape index (κ3) is 3.52. The molecule has 3 amide bonds. The van der Waals surface area contributed by atoms with E-state index in [2.05, 4.69) is 16.1 Å². The second-order valence-corrected chi connectivity index (χ2v) is 8.91. The molecule has 0 unspecified atom stereocenters. The normalized spacial score (nSPS) is 16.9. The Balaban J connectivity index is 1.26. The van der Waals surface area contributed by atoms with Gasteiger partial charge >= 0.3 is 6.03 Å². The molecule has 1 aromatic carbocycles. The first kappa shape index (κ1) is 18.6. The quantitative estimate of drug-likeness (QED) is 0.749. The standard InChI is InChI=1S/C22H25N3O3S/c1-13(26)25-9-8-16-11-20(28-19(16)12-25)29-24-22(27)23-21-17-6-2-4-14(17)10-15-5-3-7-18(15)21/h10-11H,2-9,12H2,1H3,(H2,23,24,27). The van der Waals surface area contributed by atoms with Crippen LogP contribution in [0.4, 0.5) is 10.5 Å². The molecule has 1 aliphatic heterocycles. The van der Waals surface area contributed by atoms with E-state index in [1.165, 1.54) is 47.0 Å². The number of nitrogens with zero attached hydrogens (tertiary/aromatic N) is 1. The van der Waals surface area contributed by atoms with Crippen LogP contribution in [0.5, 0.6) is 0 Å². The fourth-order valence-electron chi connectivity index (χ4n) is 4.81. The molecule has 152 valence electrons. The molecule has 0 atom stereocenters. The number of amides is 3. The van der Waals surface area contributed by atoms with Gasteiger partial charge in [-0.25, -0.2) is 4.79 Å². The van der Waals surface area contributed by atoms with Crippen molar-refractivity contribution >= 4 is 29.6 Å². The molecule has 2 aromatic rings. The highest BCUT2D eigenvalue weighted by Crippen LogP contribution is 2.38. The van der Waals surface area contributed by atoms with E-state index in [1.807, 2.05) is 6.07 Å². The van der Waals surface area contributed by atoms with E-state index in [0.29, 0.717) is 18.2 Å². The molecule has 1 aromatic heterocycles. The Morgan fingerprint density at radius 3 is 2.41 bits per heavy atom. The highest BCUT2D eigenvalue weighted by molar-refractivity contribution is 7.97. The van der Waals surface area contributed by atoms with E-state index in [9.17, 15) is 9.59 Å². The number of carbonyl (C=O) groups is 2. The number of furan rings is 1. The zero-order valence-electron chi connectivity index (χ0n) is 16.6. The molecule has 29 heavy (non-hydrogen) atoms. The number of rotatable bonds is 3. The van der Waals surface area contributed by atoms with Gasteiger partial charge in [0.05, 0.1) is 6.54 Å². The predicted molar refractivity (Wildman–Crippen MR) is 112 cm³/mol. The van der Waals surface area contributed by atoms with Crippen molar-refractivity contribution in [2.45, 2.75) is 63.5 Å². The molecule has 0 saturated carbocycles. The molecule has 0 saturated heterocycles. The third-order valence-corrected chi connectivity index (χ3v) is 6.95. The summed E-state index contributed by atoms with van der Waals surface area (Å²) in [5, 5.41) is 3.78. The molecule has 0 spiro atoms. The predicted octanol–water partition coefficient (Wildman–Crippen LogP) is 3.99. The molecule has 2 heterocycles. The van der Waals surface area contributed by atoms with Crippen LogP contribution in [0.1, 0.15) is 53.3 Å². The minimum atomic E-state index is -0.218. The summed E-state index contributed by atoms with van der Waals surface area (Å²) in [7, 11) is 0. The van der Waals surface area contributed by atoms with Gasteiger partial charge in [0.15, 0.2) is 5.09 Å². The van der Waals surface area contributed by atoms with E-state index in [4.69, 9.17) is 4.42 Å². The van der Waals surface area contributed by atoms with Crippen LogP contribution in [-0.2, 0) is 43.4 Å². The van der Waals surface area contributed by atoms with E-state index >= 15 is 0 Å². The SMILES string of the molecule is CC(=O)N1CCc2cc(SNC(=O)Nc3c4c(cc5c3CCC5)CCC4)oc2C1. The molecule has 2 aliphatic carbocycles. The summed E-state index contributed by atoms with van der Waals surface area (Å²) in [5.41, 5.74) is 7.61. The summed E-state index contributed by atoms with van der Waals surface area (Å²) in [6.45, 7) is 2.79. The molecule has 0 bridgehead atoms. The molecule has 6 nitrogen and oxygen atoms in total. The van der Waals surface area contributed by atoms with Crippen molar-refractivity contribution in [3.05, 3.63) is 45.7 Å². The van der Waals surface area contributed by atoms with Crippen molar-refractivity contribution in [2.75, 3.05) is 11.9 Å². The molecular formula is C22H25N3O3S. The first-order chi connectivity index (χ1) is 14.1. The van der Waals surface area contributed by atoms with Gasteiger partial charge < -0.3 is 14.6 Å². The zero-order valence-corrected chi connectivity index (χ0v) is 17.4. The number of fused-ring (bicyclic) bond motifs is 3. The van der Waals surface area contributed by atoms with Gasteiger partial charge in [-0.2, -0.15) is 0 Å². The molecule has 3 aliphatic rings. The van der Waals surface area contributed by atoms with Crippen LogP contribution in [0.15, 0.2) is 21.6 Å². The first-order valence-electron chi connectivity index (χ1n) is 10.4. The van der Waals surface area contributed by atoms with Crippen LogP contribution in [0.25, 0.3) is 0 Å². The lowest BCUT2D eigenvalue weighted by molar-refractivity contribution is -0.130. The number of hydrogen-bond acceptors (Lipinski definition) is 4. The summed E-state index contributed by atoms with van der Waals surface area (Å²) >= 11 is 1.19. The third-order valence-electron chi connectivity index (χ3n) is 6.26. The Kier molecular flexibility index (Phi) is 4.78. The number of anilines is 1. The van der Waals surface area contributed by atoms with E-state index in [-0.39, 0.29) is 11.9 Å². The smallest absolute Gasteiger partial charge is 0.329 e. The van der Waals surface area contributed by atoms with Crippen LogP contribution in [0, 0.1) is 0 Å². The summed E-state index contributed by atoms with van der Waals surface area (Å²) in [6.07, 6.45) is 7.43. The average molecular weight is 412 g/mol. The Hall–Kier alpha value is -2.41.